The largest absolute Gasteiger partial charge is 0.494 e. The SMILES string of the molecule is CCCC1CCC(C2CCC(COc3ccc(OCC)c(F)c3F)CC2)CC1.CCCC1CCC(COc2ccc(OC)c(F)c2F)CC1.CCCC1CCC(COc2ccc(OCC)c(F)c2F)CC1.CCCC1CCC(c2ccc(-c3ccc(OCC)c(F)c3F)cc2)CC1.CCOc1ccc(-c2ccc(C3CCC(CC)CC3)cc2)c(F)c1F.CCOc1ccc(OCC2CCC(C3CCC(CC)CC3)CC2)c(F)c1F. The molecule has 0 bridgehead atoms. The smallest absolute Gasteiger partial charge is 0.204 e. The lowest BCUT2D eigenvalue weighted by molar-refractivity contribution is 0.120. The highest BCUT2D eigenvalue weighted by atomic mass is 19.2. The summed E-state index contributed by atoms with van der Waals surface area (Å²) in [5.41, 5.74) is 4.59. The Morgan fingerprint density at radius 3 is 0.597 bits per heavy atom. The van der Waals surface area contributed by atoms with Gasteiger partial charge in [-0.25, -0.2) is 8.78 Å². The fraction of sp³-hybridized carbons (Fsp3) is 0.622. The van der Waals surface area contributed by atoms with Gasteiger partial charge in [0.2, 0.25) is 58.2 Å². The fourth-order valence-corrected chi connectivity index (χ4v) is 24.6. The van der Waals surface area contributed by atoms with Gasteiger partial charge in [-0.3, -0.25) is 0 Å². The van der Waals surface area contributed by atoms with Crippen LogP contribution in [0.1, 0.15) is 369 Å². The van der Waals surface area contributed by atoms with Crippen molar-refractivity contribution in [2.45, 2.75) is 358 Å². The Balaban J connectivity index is 0.000000170. The second kappa shape index (κ2) is 63.5. The monoisotopic (exact) mass is 2090 g/mol. The summed E-state index contributed by atoms with van der Waals surface area (Å²) >= 11 is 0. The number of benzene rings is 8. The van der Waals surface area contributed by atoms with E-state index in [0.29, 0.717) is 106 Å². The summed E-state index contributed by atoms with van der Waals surface area (Å²) in [6.07, 6.45) is 53.4. The molecule has 149 heavy (non-hydrogen) atoms. The summed E-state index contributed by atoms with van der Waals surface area (Å²) < 4.78 is 221. The highest BCUT2D eigenvalue weighted by Gasteiger charge is 2.36. The summed E-state index contributed by atoms with van der Waals surface area (Å²) in [6, 6.07) is 33.6. The summed E-state index contributed by atoms with van der Waals surface area (Å²) in [5, 5.41) is 0. The number of halogens is 12. The first-order valence-corrected chi connectivity index (χ1v) is 57.6. The number of hydrogen-bond acceptors (Lipinski definition) is 10. The maximum atomic E-state index is 14.4. The molecule has 8 aliphatic carbocycles. The molecule has 0 radical (unpaired) electrons. The van der Waals surface area contributed by atoms with Crippen LogP contribution < -0.4 is 47.4 Å². The van der Waals surface area contributed by atoms with E-state index in [1.165, 1.54) is 297 Å². The first kappa shape index (κ1) is 120. The summed E-state index contributed by atoms with van der Waals surface area (Å²) in [4.78, 5) is 0. The fourth-order valence-electron chi connectivity index (χ4n) is 24.6. The predicted octanol–water partition coefficient (Wildman–Crippen LogP) is 38.0. The van der Waals surface area contributed by atoms with E-state index < -0.39 is 69.8 Å². The second-order valence-electron chi connectivity index (χ2n) is 43.4. The molecule has 10 nitrogen and oxygen atoms in total. The molecule has 0 spiro atoms. The van der Waals surface area contributed by atoms with Gasteiger partial charge in [0.1, 0.15) is 0 Å². The molecule has 0 saturated heterocycles. The van der Waals surface area contributed by atoms with Crippen molar-refractivity contribution < 1.29 is 100 Å². The molecular weight excluding hydrogens is 1910 g/mol. The molecule has 8 aliphatic rings. The minimum absolute atomic E-state index is 0.00248. The quantitative estimate of drug-likeness (QED) is 0.0347. The van der Waals surface area contributed by atoms with Crippen LogP contribution in [-0.2, 0) is 0 Å². The van der Waals surface area contributed by atoms with E-state index in [-0.39, 0.29) is 68.6 Å². The summed E-state index contributed by atoms with van der Waals surface area (Å²) in [6.45, 7) is 25.7. The minimum atomic E-state index is -0.985. The van der Waals surface area contributed by atoms with Crippen molar-refractivity contribution in [3.8, 4) is 79.7 Å². The van der Waals surface area contributed by atoms with Gasteiger partial charge in [0.25, 0.3) is 0 Å². The van der Waals surface area contributed by atoms with Gasteiger partial charge in [-0.05, 0) is 378 Å². The first-order valence-electron chi connectivity index (χ1n) is 57.6. The van der Waals surface area contributed by atoms with Crippen molar-refractivity contribution in [3.63, 3.8) is 0 Å². The van der Waals surface area contributed by atoms with Gasteiger partial charge >= 0.3 is 0 Å². The zero-order valence-electron chi connectivity index (χ0n) is 91.5. The van der Waals surface area contributed by atoms with Crippen LogP contribution in [0.15, 0.2) is 121 Å². The van der Waals surface area contributed by atoms with E-state index in [9.17, 15) is 52.7 Å². The Labute approximate surface area is 884 Å². The van der Waals surface area contributed by atoms with Crippen LogP contribution >= 0.6 is 0 Å². The van der Waals surface area contributed by atoms with Crippen molar-refractivity contribution in [1.29, 1.82) is 0 Å². The predicted molar refractivity (Wildman–Crippen MR) is 576 cm³/mol. The lowest BCUT2D eigenvalue weighted by atomic mass is 9.69. The van der Waals surface area contributed by atoms with E-state index in [0.717, 1.165) is 111 Å². The van der Waals surface area contributed by atoms with Crippen molar-refractivity contribution >= 4 is 0 Å². The van der Waals surface area contributed by atoms with Crippen LogP contribution in [0.5, 0.6) is 57.5 Å². The van der Waals surface area contributed by atoms with Crippen LogP contribution in [0.3, 0.4) is 0 Å². The average Bonchev–Trinajstić information content (AvgIpc) is 0.802. The number of hydrogen-bond donors (Lipinski definition) is 0. The zero-order valence-corrected chi connectivity index (χ0v) is 91.5. The normalized spacial score (nSPS) is 23.8. The molecule has 0 heterocycles. The molecule has 8 saturated carbocycles. The molecule has 0 aromatic heterocycles. The van der Waals surface area contributed by atoms with Crippen molar-refractivity contribution in [1.82, 2.24) is 0 Å². The van der Waals surface area contributed by atoms with Crippen molar-refractivity contribution in [2.75, 3.05) is 66.6 Å². The van der Waals surface area contributed by atoms with Gasteiger partial charge in [-0.2, -0.15) is 43.9 Å². The van der Waals surface area contributed by atoms with Gasteiger partial charge in [-0.15, -0.1) is 0 Å². The molecule has 8 aromatic rings. The number of methoxy groups -OCH3 is 1. The zero-order chi connectivity index (χ0) is 107. The Bertz CT molecular complexity index is 5170. The van der Waals surface area contributed by atoms with E-state index in [1.54, 1.807) is 46.8 Å². The third-order valence-electron chi connectivity index (χ3n) is 33.6. The third-order valence-corrected chi connectivity index (χ3v) is 33.6. The van der Waals surface area contributed by atoms with E-state index in [4.69, 9.17) is 47.4 Å². The topological polar surface area (TPSA) is 92.3 Å². The lowest BCUT2D eigenvalue weighted by Gasteiger charge is -2.37. The van der Waals surface area contributed by atoms with Crippen LogP contribution in [0.2, 0.25) is 0 Å². The molecular formula is C127H174F12O10. The molecule has 8 fully saturated rings. The number of rotatable bonds is 39. The van der Waals surface area contributed by atoms with Crippen LogP contribution in [0, 0.1) is 153 Å². The Morgan fingerprint density at radius 2 is 0.369 bits per heavy atom. The molecule has 8 aromatic carbocycles. The molecule has 16 rings (SSSR count). The molecule has 0 aliphatic heterocycles. The van der Waals surface area contributed by atoms with Gasteiger partial charge in [0, 0.05) is 11.1 Å². The van der Waals surface area contributed by atoms with Gasteiger partial charge in [0.15, 0.2) is 69.1 Å². The molecule has 0 unspecified atom stereocenters. The Kier molecular flexibility index (Phi) is 51.2. The van der Waals surface area contributed by atoms with Crippen LogP contribution in [0.25, 0.3) is 22.3 Å². The highest BCUT2D eigenvalue weighted by Crippen LogP contribution is 2.48. The van der Waals surface area contributed by atoms with E-state index in [1.807, 2.05) is 24.3 Å². The van der Waals surface area contributed by atoms with Gasteiger partial charge < -0.3 is 47.4 Å². The van der Waals surface area contributed by atoms with E-state index >= 15 is 0 Å². The molecule has 826 valence electrons. The molecule has 0 amide bonds. The summed E-state index contributed by atoms with van der Waals surface area (Å²) in [7, 11) is 1.31. The second-order valence-corrected chi connectivity index (χ2v) is 43.4. The lowest BCUT2D eigenvalue weighted by Crippen LogP contribution is -2.27. The highest BCUT2D eigenvalue weighted by molar-refractivity contribution is 5.67. The van der Waals surface area contributed by atoms with Gasteiger partial charge in [0.05, 0.1) is 66.6 Å². The first-order chi connectivity index (χ1) is 72.3. The maximum Gasteiger partial charge on any atom is 0.204 e. The standard InChI is InChI=1S/C24H36F2O2.C23H34F2O2.C23H28F2O.C22H26F2O.C18H26F2O2.C17H24F2O2/c1-3-5-17-6-10-19(11-7-17)20-12-8-18(9-13-20)16-28-22-15-14-21(27-4-2)23(25)24(22)26;1-3-16-5-9-18(10-6-16)19-11-7-17(8-12-19)15-27-21-14-13-20(26-4-2)22(24)23(21)25;1-3-5-16-6-8-17(9-7-16)18-10-12-19(13-11-18)20-14-15-21(26-4-2)23(25)22(20)24;1-3-15-5-7-16(8-6-15)17-9-11-18(12-10-17)19-13-14-20(25-4-2)22(24)21(19)23;1-3-5-13-6-8-14(9-7-13)12-22-16-11-10-15(21-4-2)17(19)18(16)20;1-3-4-12-5-7-13(8-6-12)11-21-15-10-9-14(20-2)16(18)17(15)19/h14-15,17-20H,3-13,16H2,1-2H3;13-14,16-19H,3-12,15H2,1-2H3;10-17H,3-9H2,1-2H3;9-16H,3-8H2,1-2H3;10-11,13-14H,3-9,12H2,1-2H3;9-10,12-13H,3-8,11H2,1-2H3. The average molecular weight is 2090 g/mol. The Hall–Kier alpha value is -9.08. The van der Waals surface area contributed by atoms with Crippen LogP contribution in [-0.4, -0.2) is 66.6 Å². The number of ether oxygens (including phenoxy) is 10. The molecule has 22 heteroatoms. The van der Waals surface area contributed by atoms with Gasteiger partial charge in [-0.1, -0.05) is 206 Å². The molecule has 0 atom stereocenters. The van der Waals surface area contributed by atoms with Crippen molar-refractivity contribution in [2.24, 2.45) is 82.9 Å². The molecule has 0 N–H and O–H groups in total. The minimum Gasteiger partial charge on any atom is -0.494 e. The third kappa shape index (κ3) is 35.7. The van der Waals surface area contributed by atoms with Crippen LogP contribution in [0.4, 0.5) is 52.7 Å². The van der Waals surface area contributed by atoms with E-state index in [2.05, 4.69) is 65.8 Å². The summed E-state index contributed by atoms with van der Waals surface area (Å²) in [5.74, 6) is 0.297. The maximum absolute atomic E-state index is 14.4. The van der Waals surface area contributed by atoms with Crippen molar-refractivity contribution in [3.05, 3.63) is 202 Å². The Morgan fingerprint density at radius 1 is 0.188 bits per heavy atom.